The number of likely N-dealkylation sites (tertiary alicyclic amines) is 8. The van der Waals surface area contributed by atoms with E-state index < -0.39 is 0 Å². The number of nitrogens with zero attached hydrogens (tertiary/aromatic N) is 11. The highest BCUT2D eigenvalue weighted by molar-refractivity contribution is 4.89. The topological polar surface area (TPSA) is 85.3 Å². The molecule has 0 amide bonds. The molecule has 0 aromatic carbocycles. The van der Waals surface area contributed by atoms with Crippen molar-refractivity contribution in [1.82, 2.24) is 53.9 Å². The van der Waals surface area contributed by atoms with Crippen molar-refractivity contribution >= 4 is 0 Å². The second kappa shape index (κ2) is 35.7. The number of piperazine rings is 1. The van der Waals surface area contributed by atoms with Crippen LogP contribution in [0.3, 0.4) is 0 Å². The van der Waals surface area contributed by atoms with Crippen molar-refractivity contribution in [2.75, 3.05) is 164 Å². The SMILES string of the molecule is CC(C)N1CCC(N2CCC(O)C2)CC1.CC(C)N1CCC(N2CCCC(O)C2)CC1.CC(C)N1CCC(N2CCCCCC2)CC1.CC(C)N1CCC(N2CCN(C)CC2)CC1.CC(C)N1CCC(N2CCOCC2)CC1. The van der Waals surface area contributed by atoms with E-state index in [0.29, 0.717) is 12.1 Å². The zero-order chi connectivity index (χ0) is 56.0. The van der Waals surface area contributed by atoms with E-state index in [1.165, 1.54) is 208 Å². The second-order valence-electron chi connectivity index (χ2n) is 27.5. The Bertz CT molecular complexity index is 1450. The van der Waals surface area contributed by atoms with E-state index in [1.807, 2.05) is 0 Å². The van der Waals surface area contributed by atoms with Gasteiger partial charge in [-0.3, -0.25) is 19.6 Å². The van der Waals surface area contributed by atoms with E-state index in [-0.39, 0.29) is 12.2 Å². The van der Waals surface area contributed by atoms with Crippen LogP contribution < -0.4 is 0 Å². The molecule has 10 saturated heterocycles. The Morgan fingerprint density at radius 1 is 0.282 bits per heavy atom. The maximum absolute atomic E-state index is 9.70. The molecule has 78 heavy (non-hydrogen) atoms. The minimum absolute atomic E-state index is 0.0619. The first-order chi connectivity index (χ1) is 37.5. The number of morpholine rings is 1. The normalized spacial score (nSPS) is 29.0. The molecule has 458 valence electrons. The lowest BCUT2D eigenvalue weighted by atomic mass is 9.98. The van der Waals surface area contributed by atoms with Gasteiger partial charge in [-0.15, -0.1) is 0 Å². The van der Waals surface area contributed by atoms with Gasteiger partial charge < -0.3 is 49.2 Å². The van der Waals surface area contributed by atoms with Gasteiger partial charge in [0, 0.05) is 119 Å². The van der Waals surface area contributed by atoms with Crippen molar-refractivity contribution in [2.45, 2.75) is 251 Å². The fourth-order valence-corrected chi connectivity index (χ4v) is 14.8. The van der Waals surface area contributed by atoms with Crippen molar-refractivity contribution in [3.05, 3.63) is 0 Å². The van der Waals surface area contributed by atoms with Gasteiger partial charge in [0.05, 0.1) is 25.4 Å². The Hall–Kier alpha value is -0.560. The van der Waals surface area contributed by atoms with E-state index >= 15 is 0 Å². The number of hydrogen-bond acceptors (Lipinski definition) is 14. The number of aliphatic hydroxyl groups is 2. The predicted octanol–water partition coefficient (Wildman–Crippen LogP) is 7.27. The largest absolute Gasteiger partial charge is 0.392 e. The summed E-state index contributed by atoms with van der Waals surface area (Å²) in [6.45, 7) is 51.8. The predicted molar refractivity (Wildman–Crippen MR) is 329 cm³/mol. The molecular formula is C64H129N11O3. The summed E-state index contributed by atoms with van der Waals surface area (Å²) < 4.78 is 5.40. The third-order valence-corrected chi connectivity index (χ3v) is 20.6. The van der Waals surface area contributed by atoms with Gasteiger partial charge in [-0.25, -0.2) is 0 Å². The third kappa shape index (κ3) is 22.8. The molecule has 0 bridgehead atoms. The van der Waals surface area contributed by atoms with Crippen LogP contribution in [0.1, 0.15) is 178 Å². The Morgan fingerprint density at radius 2 is 0.564 bits per heavy atom. The van der Waals surface area contributed by atoms with Crippen LogP contribution in [0.15, 0.2) is 0 Å². The van der Waals surface area contributed by atoms with Gasteiger partial charge in [0.2, 0.25) is 0 Å². The minimum atomic E-state index is -0.0723. The third-order valence-electron chi connectivity index (χ3n) is 20.6. The summed E-state index contributed by atoms with van der Waals surface area (Å²) >= 11 is 0. The average molecular weight is 1100 g/mol. The molecule has 10 aliphatic heterocycles. The standard InChI is InChI=1S/C14H28N2.C13H27N3.C13H26N2O.2C12H24N2O/c1-13(2)15-11-7-14(8-12-15)16-9-5-3-4-6-10-16;1-12(2)15-6-4-13(5-7-15)16-10-8-14(3)9-11-16;1-11(2)14-8-5-12(6-9-14)15-7-3-4-13(16)10-15;1-10(2)13-6-3-11(4-7-13)14-8-5-12(15)9-14;1-11(2)13-5-3-12(4-6-13)14-7-9-15-10-8-14/h13-14H,3-12H2,1-2H3;12-13H,4-11H2,1-3H3;11-13,16H,3-10H2,1-2H3;10-12,15H,3-9H2,1-2H3;11-12H,3-10H2,1-2H3. The van der Waals surface area contributed by atoms with E-state index in [4.69, 9.17) is 4.74 Å². The first-order valence-electron chi connectivity index (χ1n) is 33.6. The fourth-order valence-electron chi connectivity index (χ4n) is 14.8. The zero-order valence-electron chi connectivity index (χ0n) is 53.1. The van der Waals surface area contributed by atoms with Crippen LogP contribution in [0.2, 0.25) is 0 Å². The van der Waals surface area contributed by atoms with Crippen LogP contribution in [-0.2, 0) is 4.74 Å². The maximum atomic E-state index is 9.70. The number of hydrogen-bond donors (Lipinski definition) is 2. The molecule has 10 fully saturated rings. The molecule has 0 aliphatic carbocycles. The summed E-state index contributed by atoms with van der Waals surface area (Å²) in [6.07, 6.45) is 22.2. The molecule has 0 radical (unpaired) electrons. The number of rotatable bonds is 10. The summed E-state index contributed by atoms with van der Waals surface area (Å²) in [6, 6.07) is 7.61. The average Bonchev–Trinajstić information content (AvgIpc) is 3.71. The molecule has 2 N–H and O–H groups in total. The molecule has 10 rings (SSSR count). The monoisotopic (exact) mass is 1100 g/mol. The first-order valence-corrected chi connectivity index (χ1v) is 33.6. The van der Waals surface area contributed by atoms with Crippen molar-refractivity contribution < 1.29 is 14.9 Å². The summed E-state index contributed by atoms with van der Waals surface area (Å²) in [5.41, 5.74) is 0. The Kier molecular flexibility index (Phi) is 30.4. The molecule has 2 atom stereocenters. The number of β-amino-alcohol motifs (C(OH)–C–C–N with tert-alkyl or cyclic N) is 2. The molecule has 0 aromatic rings. The molecule has 14 heteroatoms. The highest BCUT2D eigenvalue weighted by Gasteiger charge is 2.33. The van der Waals surface area contributed by atoms with Crippen LogP contribution in [0, 0.1) is 0 Å². The summed E-state index contributed by atoms with van der Waals surface area (Å²) in [5.74, 6) is 0. The minimum Gasteiger partial charge on any atom is -0.392 e. The van der Waals surface area contributed by atoms with Gasteiger partial charge in [-0.2, -0.15) is 0 Å². The van der Waals surface area contributed by atoms with Gasteiger partial charge in [0.15, 0.2) is 0 Å². The molecule has 0 spiro atoms. The number of piperidine rings is 6. The van der Waals surface area contributed by atoms with Crippen LogP contribution in [-0.4, -0.2) is 301 Å². The van der Waals surface area contributed by atoms with E-state index in [1.54, 1.807) is 0 Å². The lowest BCUT2D eigenvalue weighted by Crippen LogP contribution is -2.53. The quantitative estimate of drug-likeness (QED) is 0.230. The fraction of sp³-hybridized carbons (Fsp3) is 1.00. The van der Waals surface area contributed by atoms with E-state index in [9.17, 15) is 10.2 Å². The Morgan fingerprint density at radius 3 is 0.885 bits per heavy atom. The highest BCUT2D eigenvalue weighted by Crippen LogP contribution is 2.26. The first kappa shape index (κ1) is 66.6. The summed E-state index contributed by atoms with van der Waals surface area (Å²) in [7, 11) is 2.23. The number of likely N-dealkylation sites (N-methyl/N-ethyl adjacent to an activating group) is 1. The summed E-state index contributed by atoms with van der Waals surface area (Å²) in [5, 5.41) is 19.2. The lowest BCUT2D eigenvalue weighted by Gasteiger charge is -2.43. The number of aliphatic hydroxyl groups excluding tert-OH is 2. The molecule has 0 aromatic heterocycles. The van der Waals surface area contributed by atoms with Crippen LogP contribution >= 0.6 is 0 Å². The smallest absolute Gasteiger partial charge is 0.0679 e. The van der Waals surface area contributed by atoms with Crippen molar-refractivity contribution in [3.63, 3.8) is 0 Å². The highest BCUT2D eigenvalue weighted by atomic mass is 16.5. The van der Waals surface area contributed by atoms with Crippen LogP contribution in [0.5, 0.6) is 0 Å². The zero-order valence-corrected chi connectivity index (χ0v) is 53.1. The van der Waals surface area contributed by atoms with Gasteiger partial charge in [-0.05, 0) is 258 Å². The molecule has 14 nitrogen and oxygen atoms in total. The van der Waals surface area contributed by atoms with Crippen LogP contribution in [0.4, 0.5) is 0 Å². The second-order valence-corrected chi connectivity index (χ2v) is 27.5. The molecular weight excluding hydrogens is 971 g/mol. The van der Waals surface area contributed by atoms with Gasteiger partial charge >= 0.3 is 0 Å². The van der Waals surface area contributed by atoms with Gasteiger partial charge in [0.1, 0.15) is 0 Å². The molecule has 2 unspecified atom stereocenters. The molecule has 10 heterocycles. The van der Waals surface area contributed by atoms with Gasteiger partial charge in [-0.1, -0.05) is 12.8 Å². The molecule has 0 saturated carbocycles. The molecule has 10 aliphatic rings. The maximum Gasteiger partial charge on any atom is 0.0679 e. The number of ether oxygens (including phenoxy) is 1. The van der Waals surface area contributed by atoms with E-state index in [0.717, 1.165) is 107 Å². The van der Waals surface area contributed by atoms with Gasteiger partial charge in [0.25, 0.3) is 0 Å². The van der Waals surface area contributed by atoms with Crippen LogP contribution in [0.25, 0.3) is 0 Å². The lowest BCUT2D eigenvalue weighted by molar-refractivity contribution is -0.00175. The van der Waals surface area contributed by atoms with E-state index in [2.05, 4.69) is 130 Å². The Balaban J connectivity index is 0.000000158. The summed E-state index contributed by atoms with van der Waals surface area (Å²) in [4.78, 5) is 28.6. The Labute approximate surface area is 482 Å². The van der Waals surface area contributed by atoms with Crippen molar-refractivity contribution in [1.29, 1.82) is 0 Å². The van der Waals surface area contributed by atoms with Crippen molar-refractivity contribution in [2.24, 2.45) is 0 Å². The van der Waals surface area contributed by atoms with Crippen molar-refractivity contribution in [3.8, 4) is 0 Å².